The molecule has 0 saturated heterocycles. The van der Waals surface area contributed by atoms with E-state index < -0.39 is 17.8 Å². The molecule has 2 aliphatic heterocycles. The van der Waals surface area contributed by atoms with E-state index in [1.807, 2.05) is 12.1 Å². The Morgan fingerprint density at radius 3 is 2.69 bits per heavy atom. The van der Waals surface area contributed by atoms with Crippen LogP contribution in [0.15, 0.2) is 53.7 Å². The minimum absolute atomic E-state index is 0.349. The molecule has 0 spiro atoms. The second kappa shape index (κ2) is 7.71. The van der Waals surface area contributed by atoms with Gasteiger partial charge in [-0.2, -0.15) is 0 Å². The summed E-state index contributed by atoms with van der Waals surface area (Å²) >= 11 is 5.59. The fourth-order valence-electron chi connectivity index (χ4n) is 3.54. The number of rotatable bonds is 3. The predicted molar refractivity (Wildman–Crippen MR) is 110 cm³/mol. The van der Waals surface area contributed by atoms with Gasteiger partial charge in [-0.15, -0.1) is 0 Å². The molecule has 0 aliphatic carbocycles. The Labute approximate surface area is 172 Å². The molecule has 2 aliphatic rings. The Kier molecular flexibility index (Phi) is 5.10. The highest BCUT2D eigenvalue weighted by atomic mass is 32.1. The van der Waals surface area contributed by atoms with Crippen molar-refractivity contribution in [3.8, 4) is 11.5 Å². The molecule has 1 N–H and O–H groups in total. The van der Waals surface area contributed by atoms with Gasteiger partial charge < -0.3 is 19.5 Å². The lowest BCUT2D eigenvalue weighted by Crippen LogP contribution is -2.48. The summed E-state index contributed by atoms with van der Waals surface area (Å²) in [6, 6.07) is 10.9. The molecule has 0 radical (unpaired) electrons. The summed E-state index contributed by atoms with van der Waals surface area (Å²) in [5, 5.41) is 3.52. The molecular formula is C21H19FN2O4S. The fraction of sp³-hybridized carbons (Fsp3) is 0.238. The Morgan fingerprint density at radius 1 is 1.21 bits per heavy atom. The summed E-state index contributed by atoms with van der Waals surface area (Å²) in [5.41, 5.74) is 2.23. The van der Waals surface area contributed by atoms with Gasteiger partial charge in [-0.1, -0.05) is 12.1 Å². The highest BCUT2D eigenvalue weighted by molar-refractivity contribution is 7.80. The summed E-state index contributed by atoms with van der Waals surface area (Å²) in [7, 11) is 1.31. The lowest BCUT2D eigenvalue weighted by atomic mass is 9.94. The van der Waals surface area contributed by atoms with Crippen molar-refractivity contribution in [3.05, 3.63) is 65.1 Å². The third kappa shape index (κ3) is 3.51. The summed E-state index contributed by atoms with van der Waals surface area (Å²) < 4.78 is 30.0. The van der Waals surface area contributed by atoms with Crippen LogP contribution in [0.25, 0.3) is 0 Å². The van der Waals surface area contributed by atoms with E-state index in [2.05, 4.69) is 5.32 Å². The van der Waals surface area contributed by atoms with Crippen molar-refractivity contribution in [2.75, 3.05) is 25.2 Å². The lowest BCUT2D eigenvalue weighted by molar-refractivity contribution is -0.136. The molecule has 1 unspecified atom stereocenters. The number of hydrogen-bond donors (Lipinski definition) is 1. The van der Waals surface area contributed by atoms with Crippen molar-refractivity contribution >= 4 is 29.0 Å². The van der Waals surface area contributed by atoms with E-state index in [1.54, 1.807) is 30.0 Å². The van der Waals surface area contributed by atoms with Gasteiger partial charge in [0.1, 0.15) is 19.0 Å². The van der Waals surface area contributed by atoms with E-state index in [-0.39, 0.29) is 0 Å². The number of hydrogen-bond acceptors (Lipinski definition) is 5. The molecule has 29 heavy (non-hydrogen) atoms. The molecule has 6 nitrogen and oxygen atoms in total. The maximum absolute atomic E-state index is 13.8. The van der Waals surface area contributed by atoms with E-state index >= 15 is 0 Å². The minimum atomic E-state index is -0.626. The van der Waals surface area contributed by atoms with Crippen LogP contribution in [-0.4, -0.2) is 31.4 Å². The van der Waals surface area contributed by atoms with Crippen molar-refractivity contribution in [3.63, 3.8) is 0 Å². The molecule has 2 aromatic carbocycles. The summed E-state index contributed by atoms with van der Waals surface area (Å²) in [6.45, 7) is 2.74. The zero-order chi connectivity index (χ0) is 20.5. The van der Waals surface area contributed by atoms with Crippen LogP contribution in [0.1, 0.15) is 18.5 Å². The molecule has 0 bridgehead atoms. The lowest BCUT2D eigenvalue weighted by Gasteiger charge is -2.37. The van der Waals surface area contributed by atoms with Crippen LogP contribution in [0.4, 0.5) is 10.1 Å². The van der Waals surface area contributed by atoms with Crippen LogP contribution in [0.2, 0.25) is 0 Å². The quantitative estimate of drug-likeness (QED) is 0.610. The van der Waals surface area contributed by atoms with Crippen molar-refractivity contribution < 1.29 is 23.4 Å². The Morgan fingerprint density at radius 2 is 1.97 bits per heavy atom. The fourth-order valence-corrected chi connectivity index (χ4v) is 3.90. The smallest absolute Gasteiger partial charge is 0.337 e. The number of anilines is 1. The monoisotopic (exact) mass is 414 g/mol. The molecule has 8 heteroatoms. The maximum Gasteiger partial charge on any atom is 0.337 e. The van der Waals surface area contributed by atoms with Crippen molar-refractivity contribution in [2.45, 2.75) is 13.0 Å². The molecule has 2 aromatic rings. The van der Waals surface area contributed by atoms with Gasteiger partial charge in [-0.3, -0.25) is 4.90 Å². The zero-order valence-corrected chi connectivity index (χ0v) is 16.7. The van der Waals surface area contributed by atoms with Crippen LogP contribution in [-0.2, 0) is 9.53 Å². The summed E-state index contributed by atoms with van der Waals surface area (Å²) in [4.78, 5) is 14.4. The summed E-state index contributed by atoms with van der Waals surface area (Å²) in [5.74, 6) is 0.347. The number of fused-ring (bicyclic) bond motifs is 1. The molecule has 2 heterocycles. The Hall–Kier alpha value is -3.13. The van der Waals surface area contributed by atoms with Crippen molar-refractivity contribution in [1.29, 1.82) is 0 Å². The molecule has 1 atom stereocenters. The zero-order valence-electron chi connectivity index (χ0n) is 15.9. The van der Waals surface area contributed by atoms with Crippen LogP contribution in [0.3, 0.4) is 0 Å². The topological polar surface area (TPSA) is 60.0 Å². The van der Waals surface area contributed by atoms with Gasteiger partial charge in [0, 0.05) is 11.8 Å². The minimum Gasteiger partial charge on any atom is -0.486 e. The third-order valence-corrected chi connectivity index (χ3v) is 5.16. The van der Waals surface area contributed by atoms with Gasteiger partial charge >= 0.3 is 5.97 Å². The van der Waals surface area contributed by atoms with E-state index in [1.165, 1.54) is 19.2 Å². The highest BCUT2D eigenvalue weighted by Crippen LogP contribution is 2.38. The number of nitrogens with one attached hydrogen (secondary N) is 1. The van der Waals surface area contributed by atoms with Gasteiger partial charge in [0.25, 0.3) is 0 Å². The van der Waals surface area contributed by atoms with E-state index in [0.717, 1.165) is 0 Å². The molecule has 0 saturated carbocycles. The van der Waals surface area contributed by atoms with Crippen LogP contribution < -0.4 is 19.7 Å². The number of esters is 1. The number of carbonyl (C=O) groups is 1. The number of carbonyl (C=O) groups excluding carboxylic acids is 1. The van der Waals surface area contributed by atoms with Gasteiger partial charge in [-0.25, -0.2) is 9.18 Å². The molecule has 0 aromatic heterocycles. The largest absolute Gasteiger partial charge is 0.486 e. The number of nitrogens with zero attached hydrogens (tertiary/aromatic N) is 1. The number of halogens is 1. The van der Waals surface area contributed by atoms with Crippen molar-refractivity contribution in [1.82, 2.24) is 5.32 Å². The summed E-state index contributed by atoms with van der Waals surface area (Å²) in [6.07, 6.45) is 0. The molecule has 0 amide bonds. The van der Waals surface area contributed by atoms with Crippen LogP contribution >= 0.6 is 12.2 Å². The Balaban J connectivity index is 1.81. The highest BCUT2D eigenvalue weighted by Gasteiger charge is 2.35. The van der Waals surface area contributed by atoms with Crippen LogP contribution in [0.5, 0.6) is 11.5 Å². The maximum atomic E-state index is 13.8. The van der Waals surface area contributed by atoms with E-state index in [9.17, 15) is 9.18 Å². The van der Waals surface area contributed by atoms with Crippen molar-refractivity contribution in [2.24, 2.45) is 0 Å². The van der Waals surface area contributed by atoms with E-state index in [0.29, 0.717) is 52.3 Å². The number of ether oxygens (including phenoxy) is 3. The molecule has 0 fully saturated rings. The molecule has 4 rings (SSSR count). The number of benzene rings is 2. The first-order chi connectivity index (χ1) is 14.0. The first kappa shape index (κ1) is 19.2. The van der Waals surface area contributed by atoms with Crippen LogP contribution in [0, 0.1) is 5.82 Å². The third-order valence-electron chi connectivity index (χ3n) is 4.86. The normalized spacial score (nSPS) is 18.4. The number of thiocarbonyl (C=S) groups is 1. The average Bonchev–Trinajstić information content (AvgIpc) is 2.72. The van der Waals surface area contributed by atoms with Gasteiger partial charge in [0.05, 0.1) is 24.4 Å². The van der Waals surface area contributed by atoms with Gasteiger partial charge in [-0.05, 0) is 49.0 Å². The number of allylic oxidation sites excluding steroid dienone is 1. The standard InChI is InChI=1S/C21H19FN2O4S/c1-12-18(20(25)26-2)19(13-4-3-5-14(22)10-13)23-21(29)24(12)15-6-7-16-17(11-15)28-9-8-27-16/h3-7,10-11,19H,8-9H2,1-2H3,(H,23,29). The average molecular weight is 414 g/mol. The predicted octanol–water partition coefficient (Wildman–Crippen LogP) is 3.48. The second-order valence-electron chi connectivity index (χ2n) is 6.59. The van der Waals surface area contributed by atoms with E-state index in [4.69, 9.17) is 26.4 Å². The number of methoxy groups -OCH3 is 1. The first-order valence-electron chi connectivity index (χ1n) is 9.04. The molecule has 150 valence electrons. The first-order valence-corrected chi connectivity index (χ1v) is 9.45. The second-order valence-corrected chi connectivity index (χ2v) is 6.98. The van der Waals surface area contributed by atoms with Gasteiger partial charge in [0.2, 0.25) is 0 Å². The SMILES string of the molecule is COC(=O)C1=C(C)N(c2ccc3c(c2)OCCO3)C(=S)NC1c1cccc(F)c1. The van der Waals surface area contributed by atoms with Gasteiger partial charge in [0.15, 0.2) is 16.6 Å². The Bertz CT molecular complexity index is 1020. The molecular weight excluding hydrogens is 395 g/mol.